The van der Waals surface area contributed by atoms with Crippen molar-refractivity contribution in [2.45, 2.75) is 52.1 Å². The highest BCUT2D eigenvalue weighted by Gasteiger charge is 2.20. The summed E-state index contributed by atoms with van der Waals surface area (Å²) in [6, 6.07) is 5.53. The molecule has 6 nitrogen and oxygen atoms in total. The van der Waals surface area contributed by atoms with Crippen molar-refractivity contribution in [3.63, 3.8) is 0 Å². The van der Waals surface area contributed by atoms with Gasteiger partial charge < -0.3 is 11.1 Å². The van der Waals surface area contributed by atoms with Gasteiger partial charge in [-0.25, -0.2) is 4.98 Å². The van der Waals surface area contributed by atoms with Crippen LogP contribution in [0.15, 0.2) is 29.3 Å². The summed E-state index contributed by atoms with van der Waals surface area (Å²) in [6.45, 7) is 6.70. The molecule has 2 aromatic rings. The van der Waals surface area contributed by atoms with Crippen LogP contribution in [0.2, 0.25) is 0 Å². The summed E-state index contributed by atoms with van der Waals surface area (Å²) in [5, 5.41) is 3.44. The minimum absolute atomic E-state index is 0.108. The van der Waals surface area contributed by atoms with Crippen molar-refractivity contribution >= 4 is 16.8 Å². The molecule has 0 aliphatic rings. The van der Waals surface area contributed by atoms with Gasteiger partial charge in [0, 0.05) is 25.0 Å². The monoisotopic (exact) mass is 330 g/mol. The van der Waals surface area contributed by atoms with E-state index in [1.807, 2.05) is 32.9 Å². The molecule has 0 fully saturated rings. The van der Waals surface area contributed by atoms with E-state index in [1.54, 1.807) is 6.07 Å². The van der Waals surface area contributed by atoms with Gasteiger partial charge in [0.2, 0.25) is 5.91 Å². The van der Waals surface area contributed by atoms with Crippen molar-refractivity contribution in [2.24, 2.45) is 5.73 Å². The number of amides is 1. The number of nitrogens with one attached hydrogen (secondary N) is 1. The number of nitrogens with two attached hydrogens (primary N) is 1. The maximum absolute atomic E-state index is 12.5. The van der Waals surface area contributed by atoms with Crippen molar-refractivity contribution in [3.05, 3.63) is 40.4 Å². The number of carbonyl (C=O) groups excluding carboxylic acids is 1. The van der Waals surface area contributed by atoms with E-state index in [9.17, 15) is 9.59 Å². The summed E-state index contributed by atoms with van der Waals surface area (Å²) in [4.78, 5) is 28.8. The molecule has 0 saturated heterocycles. The smallest absolute Gasteiger partial charge is 0.261 e. The van der Waals surface area contributed by atoms with Crippen LogP contribution in [0.1, 0.15) is 38.7 Å². The minimum Gasteiger partial charge on any atom is -0.354 e. The number of carbonyl (C=O) groups is 1. The average molecular weight is 330 g/mol. The van der Waals surface area contributed by atoms with E-state index in [1.165, 1.54) is 10.9 Å². The molecule has 3 N–H and O–H groups in total. The molecule has 0 radical (unpaired) electrons. The first kappa shape index (κ1) is 18.1. The van der Waals surface area contributed by atoms with Crippen molar-refractivity contribution in [1.29, 1.82) is 0 Å². The second-order valence-corrected chi connectivity index (χ2v) is 6.31. The molecule has 0 atom stereocenters. The molecule has 0 spiro atoms. The molecule has 1 amide bonds. The standard InChI is InChI=1S/C18H26N4O2/c1-4-18(19,5-2)11-20-15(23)9-10-22-12-21-16-13(3)7-6-8-14(16)17(22)24/h6-8,12H,4-5,9-11,19H2,1-3H3,(H,20,23). The lowest BCUT2D eigenvalue weighted by atomic mass is 9.94. The fourth-order valence-electron chi connectivity index (χ4n) is 2.58. The Morgan fingerprint density at radius 2 is 2.04 bits per heavy atom. The molecular weight excluding hydrogens is 304 g/mol. The highest BCUT2D eigenvalue weighted by Crippen LogP contribution is 2.11. The Morgan fingerprint density at radius 3 is 2.71 bits per heavy atom. The van der Waals surface area contributed by atoms with Crippen molar-refractivity contribution < 1.29 is 4.79 Å². The minimum atomic E-state index is -0.367. The SMILES string of the molecule is CCC(N)(CC)CNC(=O)CCn1cnc2c(C)cccc2c1=O. The third kappa shape index (κ3) is 4.00. The van der Waals surface area contributed by atoms with Gasteiger partial charge in [-0.3, -0.25) is 14.2 Å². The van der Waals surface area contributed by atoms with Crippen molar-refractivity contribution in [2.75, 3.05) is 6.54 Å². The Balaban J connectivity index is 2.02. The van der Waals surface area contributed by atoms with Crippen molar-refractivity contribution in [3.8, 4) is 0 Å². The van der Waals surface area contributed by atoms with Crippen LogP contribution in [0.25, 0.3) is 10.9 Å². The predicted octanol–water partition coefficient (Wildman–Crippen LogP) is 1.73. The molecule has 130 valence electrons. The van der Waals surface area contributed by atoms with Gasteiger partial charge in [0.15, 0.2) is 0 Å². The molecule has 6 heteroatoms. The number of fused-ring (bicyclic) bond motifs is 1. The summed E-state index contributed by atoms with van der Waals surface area (Å²) in [5.74, 6) is -0.108. The summed E-state index contributed by atoms with van der Waals surface area (Å²) in [6.07, 6.45) is 3.34. The molecule has 0 saturated carbocycles. The molecule has 0 bridgehead atoms. The maximum atomic E-state index is 12.5. The molecule has 1 aromatic carbocycles. The summed E-state index contributed by atoms with van der Waals surface area (Å²) in [7, 11) is 0. The second-order valence-electron chi connectivity index (χ2n) is 6.31. The zero-order valence-electron chi connectivity index (χ0n) is 14.6. The molecule has 0 aliphatic carbocycles. The van der Waals surface area contributed by atoms with E-state index in [2.05, 4.69) is 10.3 Å². The third-order valence-electron chi connectivity index (χ3n) is 4.68. The van der Waals surface area contributed by atoms with Crippen LogP contribution in [0, 0.1) is 6.92 Å². The van der Waals surface area contributed by atoms with E-state index < -0.39 is 0 Å². The number of hydrogen-bond donors (Lipinski definition) is 2. The van der Waals surface area contributed by atoms with E-state index in [0.29, 0.717) is 24.0 Å². The van der Waals surface area contributed by atoms with Crippen LogP contribution in [-0.4, -0.2) is 27.5 Å². The Morgan fingerprint density at radius 1 is 1.33 bits per heavy atom. The van der Waals surface area contributed by atoms with Gasteiger partial charge in [-0.2, -0.15) is 0 Å². The normalized spacial score (nSPS) is 11.7. The fraction of sp³-hybridized carbons (Fsp3) is 0.500. The highest BCUT2D eigenvalue weighted by atomic mass is 16.1. The largest absolute Gasteiger partial charge is 0.354 e. The van der Waals surface area contributed by atoms with Gasteiger partial charge in [-0.05, 0) is 31.4 Å². The third-order valence-corrected chi connectivity index (χ3v) is 4.68. The molecule has 1 heterocycles. The zero-order valence-corrected chi connectivity index (χ0v) is 14.6. The first-order valence-corrected chi connectivity index (χ1v) is 8.40. The topological polar surface area (TPSA) is 90.0 Å². The van der Waals surface area contributed by atoms with E-state index >= 15 is 0 Å². The Labute approximate surface area is 142 Å². The lowest BCUT2D eigenvalue weighted by Crippen LogP contribution is -2.49. The Kier molecular flexibility index (Phi) is 5.72. The molecule has 0 unspecified atom stereocenters. The van der Waals surface area contributed by atoms with Crippen LogP contribution < -0.4 is 16.6 Å². The predicted molar refractivity (Wildman–Crippen MR) is 95.9 cm³/mol. The van der Waals surface area contributed by atoms with Gasteiger partial charge in [0.1, 0.15) is 0 Å². The number of rotatable bonds is 7. The summed E-state index contributed by atoms with van der Waals surface area (Å²) in [5.41, 5.74) is 7.36. The summed E-state index contributed by atoms with van der Waals surface area (Å²) < 4.78 is 1.48. The molecule has 24 heavy (non-hydrogen) atoms. The van der Waals surface area contributed by atoms with Gasteiger partial charge in [0.25, 0.3) is 5.56 Å². The molecule has 2 rings (SSSR count). The van der Waals surface area contributed by atoms with E-state index in [-0.39, 0.29) is 23.4 Å². The Hall–Kier alpha value is -2.21. The molecule has 0 aliphatic heterocycles. The summed E-state index contributed by atoms with van der Waals surface area (Å²) >= 11 is 0. The lowest BCUT2D eigenvalue weighted by Gasteiger charge is -2.26. The lowest BCUT2D eigenvalue weighted by molar-refractivity contribution is -0.121. The first-order chi connectivity index (χ1) is 11.4. The van der Waals surface area contributed by atoms with Gasteiger partial charge in [-0.15, -0.1) is 0 Å². The van der Waals surface area contributed by atoms with Crippen LogP contribution in [-0.2, 0) is 11.3 Å². The maximum Gasteiger partial charge on any atom is 0.261 e. The number of para-hydroxylation sites is 1. The van der Waals surface area contributed by atoms with E-state index in [0.717, 1.165) is 18.4 Å². The van der Waals surface area contributed by atoms with Gasteiger partial charge in [0.05, 0.1) is 17.2 Å². The van der Waals surface area contributed by atoms with Crippen LogP contribution in [0.4, 0.5) is 0 Å². The quantitative estimate of drug-likeness (QED) is 0.809. The second kappa shape index (κ2) is 7.57. The van der Waals surface area contributed by atoms with Gasteiger partial charge in [-0.1, -0.05) is 26.0 Å². The first-order valence-electron chi connectivity index (χ1n) is 8.40. The van der Waals surface area contributed by atoms with Crippen LogP contribution in [0.3, 0.4) is 0 Å². The number of nitrogens with zero attached hydrogens (tertiary/aromatic N) is 2. The van der Waals surface area contributed by atoms with Gasteiger partial charge >= 0.3 is 0 Å². The highest BCUT2D eigenvalue weighted by molar-refractivity contribution is 5.80. The van der Waals surface area contributed by atoms with E-state index in [4.69, 9.17) is 5.73 Å². The average Bonchev–Trinajstić information content (AvgIpc) is 2.59. The van der Waals surface area contributed by atoms with Crippen molar-refractivity contribution in [1.82, 2.24) is 14.9 Å². The number of hydrogen-bond acceptors (Lipinski definition) is 4. The fourth-order valence-corrected chi connectivity index (χ4v) is 2.58. The molecular formula is C18H26N4O2. The Bertz CT molecular complexity index is 778. The number of aryl methyl sites for hydroxylation is 2. The van der Waals surface area contributed by atoms with Crippen LogP contribution >= 0.6 is 0 Å². The van der Waals surface area contributed by atoms with Crippen LogP contribution in [0.5, 0.6) is 0 Å². The number of aromatic nitrogens is 2. The number of benzene rings is 1. The zero-order chi connectivity index (χ0) is 17.7. The molecule has 1 aromatic heterocycles.